The summed E-state index contributed by atoms with van der Waals surface area (Å²) in [5.41, 5.74) is 0.0829. The fourth-order valence-electron chi connectivity index (χ4n) is 2.59. The predicted octanol–water partition coefficient (Wildman–Crippen LogP) is 2.15. The van der Waals surface area contributed by atoms with Crippen molar-refractivity contribution in [3.63, 3.8) is 0 Å². The number of nitro groups is 1. The van der Waals surface area contributed by atoms with Gasteiger partial charge in [0.05, 0.1) is 18.0 Å². The van der Waals surface area contributed by atoms with Gasteiger partial charge in [-0.1, -0.05) is 12.1 Å². The highest BCUT2D eigenvalue weighted by Gasteiger charge is 2.43. The summed E-state index contributed by atoms with van der Waals surface area (Å²) in [6.07, 6.45) is 1.22. The van der Waals surface area contributed by atoms with E-state index < -0.39 is 10.5 Å². The molecule has 1 aromatic carbocycles. The maximum atomic E-state index is 12.9. The van der Waals surface area contributed by atoms with Gasteiger partial charge in [-0.3, -0.25) is 10.1 Å². The molecule has 2 heterocycles. The van der Waals surface area contributed by atoms with Crippen molar-refractivity contribution in [2.45, 2.75) is 12.5 Å². The third-order valence-electron chi connectivity index (χ3n) is 3.88. The number of anilines is 1. The van der Waals surface area contributed by atoms with Gasteiger partial charge in [0, 0.05) is 5.56 Å². The minimum atomic E-state index is -1.05. The van der Waals surface area contributed by atoms with E-state index in [0.717, 1.165) is 0 Å². The molecule has 1 aliphatic heterocycles. The van der Waals surface area contributed by atoms with Crippen LogP contribution in [-0.4, -0.2) is 28.1 Å². The van der Waals surface area contributed by atoms with Crippen LogP contribution in [0.2, 0.25) is 0 Å². The normalized spacial score (nSPS) is 16.2. The molecule has 0 spiro atoms. The van der Waals surface area contributed by atoms with E-state index in [-0.39, 0.29) is 11.5 Å². The van der Waals surface area contributed by atoms with E-state index in [1.165, 1.54) is 18.3 Å². The second kappa shape index (κ2) is 5.03. The Bertz CT molecular complexity index is 727. The summed E-state index contributed by atoms with van der Waals surface area (Å²) >= 11 is 0. The SMILES string of the molecule is Cc1cc(N2CC(O)(c3ccc(F)cc3)C2)ncc1[N+](=O)[O-]. The van der Waals surface area contributed by atoms with Crippen LogP contribution in [0.4, 0.5) is 15.9 Å². The number of benzene rings is 1. The molecule has 2 aromatic rings. The van der Waals surface area contributed by atoms with E-state index in [0.29, 0.717) is 30.0 Å². The molecule has 0 saturated carbocycles. The van der Waals surface area contributed by atoms with Gasteiger partial charge in [-0.25, -0.2) is 9.37 Å². The molecule has 0 radical (unpaired) electrons. The first-order valence-electron chi connectivity index (χ1n) is 6.73. The highest BCUT2D eigenvalue weighted by molar-refractivity contribution is 5.52. The first kappa shape index (κ1) is 14.4. The van der Waals surface area contributed by atoms with Crippen LogP contribution in [0.15, 0.2) is 36.5 Å². The van der Waals surface area contributed by atoms with Crippen molar-refractivity contribution >= 4 is 11.5 Å². The second-order valence-corrected chi connectivity index (χ2v) is 5.48. The summed E-state index contributed by atoms with van der Waals surface area (Å²) < 4.78 is 12.9. The van der Waals surface area contributed by atoms with Crippen LogP contribution in [0.5, 0.6) is 0 Å². The van der Waals surface area contributed by atoms with Crippen LogP contribution in [0.3, 0.4) is 0 Å². The fraction of sp³-hybridized carbons (Fsp3) is 0.267. The van der Waals surface area contributed by atoms with Crippen LogP contribution in [-0.2, 0) is 5.60 Å². The maximum Gasteiger partial charge on any atom is 0.290 e. The van der Waals surface area contributed by atoms with Gasteiger partial charge in [-0.05, 0) is 30.7 Å². The Labute approximate surface area is 126 Å². The predicted molar refractivity (Wildman–Crippen MR) is 78.1 cm³/mol. The lowest BCUT2D eigenvalue weighted by Gasteiger charge is -2.47. The molecule has 1 fully saturated rings. The van der Waals surface area contributed by atoms with E-state index >= 15 is 0 Å². The summed E-state index contributed by atoms with van der Waals surface area (Å²) in [4.78, 5) is 16.2. The van der Waals surface area contributed by atoms with Gasteiger partial charge in [0.25, 0.3) is 5.69 Å². The molecule has 0 unspecified atom stereocenters. The average Bonchev–Trinajstić information content (AvgIpc) is 2.44. The Morgan fingerprint density at radius 2 is 2.00 bits per heavy atom. The Morgan fingerprint density at radius 1 is 1.36 bits per heavy atom. The number of aryl methyl sites for hydroxylation is 1. The first-order chi connectivity index (χ1) is 10.4. The van der Waals surface area contributed by atoms with Crippen LogP contribution < -0.4 is 4.90 Å². The van der Waals surface area contributed by atoms with Crippen molar-refractivity contribution in [2.24, 2.45) is 0 Å². The smallest absolute Gasteiger partial charge is 0.290 e. The van der Waals surface area contributed by atoms with Crippen molar-refractivity contribution in [2.75, 3.05) is 18.0 Å². The molecule has 3 rings (SSSR count). The summed E-state index contributed by atoms with van der Waals surface area (Å²) in [6.45, 7) is 2.26. The molecule has 22 heavy (non-hydrogen) atoms. The molecule has 1 saturated heterocycles. The molecular formula is C15H14FN3O3. The number of pyridine rings is 1. The lowest BCUT2D eigenvalue weighted by atomic mass is 9.86. The van der Waals surface area contributed by atoms with E-state index in [1.807, 2.05) is 4.90 Å². The second-order valence-electron chi connectivity index (χ2n) is 5.48. The quantitative estimate of drug-likeness (QED) is 0.694. The van der Waals surface area contributed by atoms with Crippen molar-refractivity contribution in [3.05, 3.63) is 63.6 Å². The van der Waals surface area contributed by atoms with Gasteiger partial charge in [0.1, 0.15) is 23.4 Å². The highest BCUT2D eigenvalue weighted by Crippen LogP contribution is 2.35. The van der Waals surface area contributed by atoms with Crippen molar-refractivity contribution in [1.82, 2.24) is 4.98 Å². The maximum absolute atomic E-state index is 12.9. The van der Waals surface area contributed by atoms with Gasteiger partial charge in [-0.15, -0.1) is 0 Å². The third-order valence-corrected chi connectivity index (χ3v) is 3.88. The molecule has 6 nitrogen and oxygen atoms in total. The molecule has 0 atom stereocenters. The van der Waals surface area contributed by atoms with Gasteiger partial charge >= 0.3 is 0 Å². The van der Waals surface area contributed by atoms with Crippen molar-refractivity contribution in [1.29, 1.82) is 0 Å². The van der Waals surface area contributed by atoms with Crippen molar-refractivity contribution < 1.29 is 14.4 Å². The molecule has 7 heteroatoms. The Hall–Kier alpha value is -2.54. The number of halogens is 1. The van der Waals surface area contributed by atoms with E-state index in [9.17, 15) is 19.6 Å². The standard InChI is InChI=1S/C15H14FN3O3/c1-10-6-14(17-7-13(10)19(21)22)18-8-15(20,9-18)11-2-4-12(16)5-3-11/h2-7,20H,8-9H2,1H3. The summed E-state index contributed by atoms with van der Waals surface area (Å²) in [7, 11) is 0. The Balaban J connectivity index is 1.76. The summed E-state index contributed by atoms with van der Waals surface area (Å²) in [6, 6.07) is 7.36. The van der Waals surface area contributed by atoms with E-state index in [2.05, 4.69) is 4.98 Å². The Kier molecular flexibility index (Phi) is 3.29. The zero-order chi connectivity index (χ0) is 15.9. The number of hydrogen-bond donors (Lipinski definition) is 1. The lowest BCUT2D eigenvalue weighted by Crippen LogP contribution is -2.59. The zero-order valence-corrected chi connectivity index (χ0v) is 11.9. The topological polar surface area (TPSA) is 79.5 Å². The van der Waals surface area contributed by atoms with Gasteiger partial charge in [0.2, 0.25) is 0 Å². The van der Waals surface area contributed by atoms with Crippen LogP contribution in [0, 0.1) is 22.9 Å². The Morgan fingerprint density at radius 3 is 2.55 bits per heavy atom. The third kappa shape index (κ3) is 2.39. The van der Waals surface area contributed by atoms with Crippen molar-refractivity contribution in [3.8, 4) is 0 Å². The fourth-order valence-corrected chi connectivity index (χ4v) is 2.59. The lowest BCUT2D eigenvalue weighted by molar-refractivity contribution is -0.385. The van der Waals surface area contributed by atoms with Crippen LogP contribution in [0.25, 0.3) is 0 Å². The molecule has 1 aliphatic rings. The number of nitrogens with zero attached hydrogens (tertiary/aromatic N) is 3. The summed E-state index contributed by atoms with van der Waals surface area (Å²) in [5, 5.41) is 21.3. The highest BCUT2D eigenvalue weighted by atomic mass is 19.1. The van der Waals surface area contributed by atoms with Crippen LogP contribution >= 0.6 is 0 Å². The number of hydrogen-bond acceptors (Lipinski definition) is 5. The summed E-state index contributed by atoms with van der Waals surface area (Å²) in [5.74, 6) is 0.228. The number of β-amino-alcohol motifs (C(OH)–C–C–N with tert-alkyl or cyclic N) is 1. The zero-order valence-electron chi connectivity index (χ0n) is 11.9. The van der Waals surface area contributed by atoms with E-state index in [1.54, 1.807) is 25.1 Å². The number of aromatic nitrogens is 1. The van der Waals surface area contributed by atoms with Gasteiger partial charge < -0.3 is 10.0 Å². The number of rotatable bonds is 3. The molecule has 0 aliphatic carbocycles. The van der Waals surface area contributed by atoms with Gasteiger partial charge in [-0.2, -0.15) is 0 Å². The van der Waals surface area contributed by atoms with Crippen LogP contribution in [0.1, 0.15) is 11.1 Å². The minimum absolute atomic E-state index is 0.0296. The molecular weight excluding hydrogens is 289 g/mol. The molecule has 0 amide bonds. The molecule has 1 aromatic heterocycles. The monoisotopic (exact) mass is 303 g/mol. The minimum Gasteiger partial charge on any atom is -0.381 e. The molecule has 114 valence electrons. The molecule has 0 bridgehead atoms. The number of aliphatic hydroxyl groups is 1. The molecule has 1 N–H and O–H groups in total. The van der Waals surface area contributed by atoms with E-state index in [4.69, 9.17) is 0 Å². The largest absolute Gasteiger partial charge is 0.381 e. The first-order valence-corrected chi connectivity index (χ1v) is 6.73. The average molecular weight is 303 g/mol. The van der Waals surface area contributed by atoms with Gasteiger partial charge in [0.15, 0.2) is 0 Å².